The molecule has 1 aromatic carbocycles. The van der Waals surface area contributed by atoms with Crippen LogP contribution in [0.15, 0.2) is 24.3 Å². The number of hydrogen-bond acceptors (Lipinski definition) is 2. The molecule has 1 aromatic rings. The van der Waals surface area contributed by atoms with E-state index in [1.165, 1.54) is 12.1 Å². The molecule has 0 aromatic heterocycles. The van der Waals surface area contributed by atoms with Crippen LogP contribution in [0.5, 0.6) is 0 Å². The minimum Gasteiger partial charge on any atom is -0.481 e. The molecule has 1 saturated heterocycles. The van der Waals surface area contributed by atoms with E-state index in [-0.39, 0.29) is 18.3 Å². The third-order valence-corrected chi connectivity index (χ3v) is 3.50. The molecule has 1 fully saturated rings. The lowest BCUT2D eigenvalue weighted by Gasteiger charge is -2.35. The molecule has 0 unspecified atom stereocenters. The molecular formula is C13H14FNO4. The van der Waals surface area contributed by atoms with Crippen molar-refractivity contribution in [2.24, 2.45) is 5.92 Å². The van der Waals surface area contributed by atoms with Crippen molar-refractivity contribution in [2.75, 3.05) is 13.1 Å². The summed E-state index contributed by atoms with van der Waals surface area (Å²) in [6.07, 6.45) is -0.682. The summed E-state index contributed by atoms with van der Waals surface area (Å²) in [5.74, 6) is -2.48. The summed E-state index contributed by atoms with van der Waals surface area (Å²) in [5, 5.41) is 18.1. The highest BCUT2D eigenvalue weighted by Gasteiger charge is 2.36. The van der Waals surface area contributed by atoms with E-state index in [2.05, 4.69) is 0 Å². The number of rotatable bonds is 2. The highest BCUT2D eigenvalue weighted by Crippen LogP contribution is 2.33. The summed E-state index contributed by atoms with van der Waals surface area (Å²) in [4.78, 5) is 23.3. The number of benzene rings is 1. The van der Waals surface area contributed by atoms with Crippen LogP contribution in [0.25, 0.3) is 0 Å². The Bertz CT molecular complexity index is 488. The first-order valence-electron chi connectivity index (χ1n) is 5.95. The second-order valence-corrected chi connectivity index (χ2v) is 4.62. The van der Waals surface area contributed by atoms with Crippen LogP contribution in [0.1, 0.15) is 17.9 Å². The predicted molar refractivity (Wildman–Crippen MR) is 64.5 cm³/mol. The first-order chi connectivity index (χ1) is 8.99. The van der Waals surface area contributed by atoms with E-state index in [9.17, 15) is 19.1 Å². The van der Waals surface area contributed by atoms with E-state index >= 15 is 0 Å². The molecule has 0 spiro atoms. The maximum atomic E-state index is 12.9. The van der Waals surface area contributed by atoms with Crippen LogP contribution in [-0.2, 0) is 4.79 Å². The maximum absolute atomic E-state index is 12.9. The molecule has 6 heteroatoms. The molecule has 0 bridgehead atoms. The molecule has 19 heavy (non-hydrogen) atoms. The fourth-order valence-electron chi connectivity index (χ4n) is 2.48. The molecule has 0 saturated carbocycles. The van der Waals surface area contributed by atoms with Gasteiger partial charge in [-0.25, -0.2) is 9.18 Å². The molecule has 1 amide bonds. The summed E-state index contributed by atoms with van der Waals surface area (Å²) in [6, 6.07) is 5.70. The highest BCUT2D eigenvalue weighted by molar-refractivity contribution is 5.74. The second-order valence-electron chi connectivity index (χ2n) is 4.62. The average molecular weight is 267 g/mol. The van der Waals surface area contributed by atoms with Crippen LogP contribution >= 0.6 is 0 Å². The van der Waals surface area contributed by atoms with Gasteiger partial charge >= 0.3 is 12.1 Å². The fraction of sp³-hybridized carbons (Fsp3) is 0.385. The van der Waals surface area contributed by atoms with Gasteiger partial charge in [0.25, 0.3) is 0 Å². The first kappa shape index (κ1) is 13.3. The number of amides is 1. The normalized spacial score (nSPS) is 23.1. The van der Waals surface area contributed by atoms with Gasteiger partial charge in [-0.15, -0.1) is 0 Å². The van der Waals surface area contributed by atoms with Gasteiger partial charge in [-0.3, -0.25) is 4.79 Å². The van der Waals surface area contributed by atoms with Crippen molar-refractivity contribution in [3.8, 4) is 0 Å². The molecular weight excluding hydrogens is 253 g/mol. The third-order valence-electron chi connectivity index (χ3n) is 3.50. The number of carboxylic acids is 1. The van der Waals surface area contributed by atoms with Gasteiger partial charge in [-0.1, -0.05) is 12.1 Å². The van der Waals surface area contributed by atoms with E-state index < -0.39 is 18.0 Å². The number of carbonyl (C=O) groups is 2. The maximum Gasteiger partial charge on any atom is 0.407 e. The van der Waals surface area contributed by atoms with Crippen molar-refractivity contribution in [3.63, 3.8) is 0 Å². The van der Waals surface area contributed by atoms with Crippen LogP contribution in [0.2, 0.25) is 0 Å². The molecule has 5 nitrogen and oxygen atoms in total. The third kappa shape index (κ3) is 2.83. The van der Waals surface area contributed by atoms with Crippen LogP contribution in [0.4, 0.5) is 9.18 Å². The number of aliphatic carboxylic acids is 1. The standard InChI is InChI=1S/C13H14FNO4/c14-9-3-1-8(2-4-9)10-5-6-15(13(18)19)7-11(10)12(16)17/h1-4,10-11H,5-7H2,(H,16,17)(H,18,19)/t10-,11-/m0/s1. The van der Waals surface area contributed by atoms with Gasteiger partial charge in [0.2, 0.25) is 0 Å². The SMILES string of the molecule is O=C(O)[C@H]1CN(C(=O)O)CC[C@H]1c1ccc(F)cc1. The van der Waals surface area contributed by atoms with Gasteiger partial charge in [0.1, 0.15) is 5.82 Å². The van der Waals surface area contributed by atoms with Crippen molar-refractivity contribution in [2.45, 2.75) is 12.3 Å². The Balaban J connectivity index is 2.22. The molecule has 0 radical (unpaired) electrons. The minimum absolute atomic E-state index is 0.0350. The Labute approximate surface area is 109 Å². The lowest BCUT2D eigenvalue weighted by molar-refractivity contribution is -0.144. The molecule has 102 valence electrons. The summed E-state index contributed by atoms with van der Waals surface area (Å²) in [7, 11) is 0. The number of likely N-dealkylation sites (tertiary alicyclic amines) is 1. The average Bonchev–Trinajstić information content (AvgIpc) is 2.38. The zero-order valence-corrected chi connectivity index (χ0v) is 10.1. The number of nitrogens with zero attached hydrogens (tertiary/aromatic N) is 1. The Morgan fingerprint density at radius 3 is 2.37 bits per heavy atom. The van der Waals surface area contributed by atoms with E-state index in [0.717, 1.165) is 10.5 Å². The molecule has 2 rings (SSSR count). The second kappa shape index (κ2) is 5.26. The van der Waals surface area contributed by atoms with Crippen molar-refractivity contribution >= 4 is 12.1 Å². The van der Waals surface area contributed by atoms with Crippen molar-refractivity contribution in [3.05, 3.63) is 35.6 Å². The fourth-order valence-corrected chi connectivity index (χ4v) is 2.48. The lowest BCUT2D eigenvalue weighted by Crippen LogP contribution is -2.45. The highest BCUT2D eigenvalue weighted by atomic mass is 19.1. The molecule has 0 aliphatic carbocycles. The summed E-state index contributed by atoms with van der Waals surface area (Å²) >= 11 is 0. The van der Waals surface area contributed by atoms with E-state index in [1.807, 2.05) is 0 Å². The van der Waals surface area contributed by atoms with Crippen molar-refractivity contribution in [1.82, 2.24) is 4.90 Å². The number of piperidine rings is 1. The van der Waals surface area contributed by atoms with Gasteiger partial charge in [-0.05, 0) is 24.1 Å². The molecule has 2 N–H and O–H groups in total. The Kier molecular flexibility index (Phi) is 3.69. The molecule has 1 aliphatic rings. The van der Waals surface area contributed by atoms with Gasteiger partial charge in [0, 0.05) is 19.0 Å². The predicted octanol–water partition coefficient (Wildman–Crippen LogP) is 1.99. The van der Waals surface area contributed by atoms with E-state index in [0.29, 0.717) is 13.0 Å². The van der Waals surface area contributed by atoms with Crippen LogP contribution in [0.3, 0.4) is 0 Å². The van der Waals surface area contributed by atoms with Crippen molar-refractivity contribution < 1.29 is 24.2 Å². The van der Waals surface area contributed by atoms with Crippen LogP contribution in [-0.4, -0.2) is 40.3 Å². The number of halogens is 1. The smallest absolute Gasteiger partial charge is 0.407 e. The van der Waals surface area contributed by atoms with E-state index in [1.54, 1.807) is 12.1 Å². The largest absolute Gasteiger partial charge is 0.481 e. The van der Waals surface area contributed by atoms with Gasteiger partial charge < -0.3 is 15.1 Å². The molecule has 1 heterocycles. The zero-order valence-electron chi connectivity index (χ0n) is 10.1. The van der Waals surface area contributed by atoms with Crippen LogP contribution in [0, 0.1) is 11.7 Å². The Morgan fingerprint density at radius 1 is 1.21 bits per heavy atom. The summed E-state index contributed by atoms with van der Waals surface area (Å²) in [5.41, 5.74) is 0.735. The van der Waals surface area contributed by atoms with Crippen LogP contribution < -0.4 is 0 Å². The number of carboxylic acid groups (broad SMARTS) is 2. The first-order valence-corrected chi connectivity index (χ1v) is 5.95. The molecule has 1 aliphatic heterocycles. The number of hydrogen-bond donors (Lipinski definition) is 2. The summed E-state index contributed by atoms with van der Waals surface area (Å²) in [6.45, 7) is 0.258. The molecule has 2 atom stereocenters. The lowest BCUT2D eigenvalue weighted by atomic mass is 9.80. The zero-order chi connectivity index (χ0) is 14.0. The Morgan fingerprint density at radius 2 is 1.84 bits per heavy atom. The quantitative estimate of drug-likeness (QED) is 0.859. The van der Waals surface area contributed by atoms with Gasteiger partial charge in [0.05, 0.1) is 5.92 Å². The topological polar surface area (TPSA) is 77.8 Å². The summed E-state index contributed by atoms with van der Waals surface area (Å²) < 4.78 is 12.9. The van der Waals surface area contributed by atoms with Crippen molar-refractivity contribution in [1.29, 1.82) is 0 Å². The Hall–Kier alpha value is -2.11. The monoisotopic (exact) mass is 267 g/mol. The van der Waals surface area contributed by atoms with Gasteiger partial charge in [0.15, 0.2) is 0 Å². The van der Waals surface area contributed by atoms with E-state index in [4.69, 9.17) is 5.11 Å². The van der Waals surface area contributed by atoms with Gasteiger partial charge in [-0.2, -0.15) is 0 Å². The minimum atomic E-state index is -1.11.